The van der Waals surface area contributed by atoms with Crippen molar-refractivity contribution in [1.82, 2.24) is 15.3 Å². The molecule has 9 nitrogen and oxygen atoms in total. The minimum Gasteiger partial charge on any atom is -0.480 e. The van der Waals surface area contributed by atoms with Crippen LogP contribution in [0, 0.1) is 0 Å². The fraction of sp³-hybridized carbons (Fsp3) is 0.400. The van der Waals surface area contributed by atoms with Crippen LogP contribution in [-0.2, 0) is 10.8 Å². The van der Waals surface area contributed by atoms with Crippen molar-refractivity contribution >= 4 is 11.9 Å². The smallest absolute Gasteiger partial charge is 0.341 e. The van der Waals surface area contributed by atoms with Crippen molar-refractivity contribution in [2.45, 2.75) is 75.0 Å². The number of benzene rings is 2. The maximum atomic E-state index is 12.6. The molecule has 2 fully saturated rings. The van der Waals surface area contributed by atoms with Crippen LogP contribution in [-0.4, -0.2) is 54.3 Å². The van der Waals surface area contributed by atoms with Crippen molar-refractivity contribution in [2.75, 3.05) is 27.3 Å². The van der Waals surface area contributed by atoms with Gasteiger partial charge >= 0.3 is 5.97 Å². The topological polar surface area (TPSA) is 137 Å². The molecule has 49 heavy (non-hydrogen) atoms. The number of carbonyl (C=O) groups excluding carboxylic acids is 1. The van der Waals surface area contributed by atoms with Gasteiger partial charge in [-0.2, -0.15) is 0 Å². The van der Waals surface area contributed by atoms with Crippen LogP contribution in [0.4, 0.5) is 0 Å². The molecule has 0 atom stereocenters. The van der Waals surface area contributed by atoms with Gasteiger partial charge in [0, 0.05) is 36.3 Å². The first kappa shape index (κ1) is 37.1. The fourth-order valence-corrected chi connectivity index (χ4v) is 7.01. The van der Waals surface area contributed by atoms with E-state index in [-0.39, 0.29) is 22.8 Å². The van der Waals surface area contributed by atoms with Crippen LogP contribution >= 0.6 is 0 Å². The molecule has 2 saturated carbocycles. The van der Waals surface area contributed by atoms with Gasteiger partial charge in [0.1, 0.15) is 11.1 Å². The zero-order chi connectivity index (χ0) is 35.0. The van der Waals surface area contributed by atoms with Crippen molar-refractivity contribution in [3.05, 3.63) is 120 Å². The van der Waals surface area contributed by atoms with E-state index in [0.29, 0.717) is 23.4 Å². The van der Waals surface area contributed by atoms with E-state index in [1.165, 1.54) is 89.0 Å². The molecule has 4 N–H and O–H groups in total. The third-order valence-corrected chi connectivity index (χ3v) is 9.78. The van der Waals surface area contributed by atoms with Crippen molar-refractivity contribution in [3.8, 4) is 11.8 Å². The van der Waals surface area contributed by atoms with Gasteiger partial charge < -0.3 is 25.6 Å². The lowest BCUT2D eigenvalue weighted by molar-refractivity contribution is 0.0692. The van der Waals surface area contributed by atoms with Gasteiger partial charge in [-0.1, -0.05) is 99.2 Å². The number of hydrogen-bond donors (Lipinski definition) is 3. The lowest BCUT2D eigenvalue weighted by Crippen LogP contribution is -2.42. The summed E-state index contributed by atoms with van der Waals surface area (Å²) in [6.07, 6.45) is 15.6. The van der Waals surface area contributed by atoms with Crippen molar-refractivity contribution < 1.29 is 24.2 Å². The summed E-state index contributed by atoms with van der Waals surface area (Å²) in [6, 6.07) is 27.9. The van der Waals surface area contributed by atoms with E-state index in [2.05, 4.69) is 69.9 Å². The third-order valence-electron chi connectivity index (χ3n) is 9.78. The highest BCUT2D eigenvalue weighted by molar-refractivity contribution is 5.96. The highest BCUT2D eigenvalue weighted by Gasteiger charge is 2.34. The Morgan fingerprint density at radius 3 is 1.57 bits per heavy atom. The van der Waals surface area contributed by atoms with E-state index in [0.717, 1.165) is 19.4 Å². The lowest BCUT2D eigenvalue weighted by atomic mass is 9.69. The van der Waals surface area contributed by atoms with Gasteiger partial charge in [-0.15, -0.1) is 0 Å². The summed E-state index contributed by atoms with van der Waals surface area (Å²) in [5.74, 6) is -0.650. The Morgan fingerprint density at radius 2 is 1.12 bits per heavy atom. The summed E-state index contributed by atoms with van der Waals surface area (Å²) in [6.45, 7) is 1.45. The summed E-state index contributed by atoms with van der Waals surface area (Å²) in [4.78, 5) is 30.9. The standard InChI is InChI=1S/C20H24N2O2.C13H19N.C7H7NO3/c1-24-19-17(11-8-14-21-19)18(23)22-15-20(12-6-3-7-13-20)16-9-4-2-5-10-16;14-11-13(9-5-2-6-10-13)12-7-3-1-4-8-12;1-11-6-5(7(9)10)3-2-4-8-6/h2,4-5,8-11,14H,3,6-7,12-13,15H2,1H3,(H,22,23);1,3-4,7-8H,2,5-6,9-11,14H2;2-4H,1H3,(H,9,10). The van der Waals surface area contributed by atoms with Gasteiger partial charge in [0.25, 0.3) is 5.91 Å². The van der Waals surface area contributed by atoms with Gasteiger partial charge in [0.2, 0.25) is 11.8 Å². The van der Waals surface area contributed by atoms with E-state index >= 15 is 0 Å². The molecule has 0 saturated heterocycles. The number of nitrogens with two attached hydrogens (primary N) is 1. The Labute approximate surface area is 290 Å². The number of rotatable bonds is 9. The van der Waals surface area contributed by atoms with Crippen LogP contribution < -0.4 is 20.5 Å². The highest BCUT2D eigenvalue weighted by atomic mass is 16.5. The zero-order valence-corrected chi connectivity index (χ0v) is 28.8. The number of pyridine rings is 2. The number of carboxylic acid groups (broad SMARTS) is 1. The first-order chi connectivity index (χ1) is 23.9. The molecule has 0 radical (unpaired) electrons. The summed E-state index contributed by atoms with van der Waals surface area (Å²) in [5.41, 5.74) is 9.63. The number of aromatic carboxylic acids is 1. The van der Waals surface area contributed by atoms with Crippen LogP contribution in [0.2, 0.25) is 0 Å². The third kappa shape index (κ3) is 9.89. The second kappa shape index (κ2) is 18.7. The molecule has 2 aromatic carbocycles. The molecule has 1 amide bonds. The molecule has 0 unspecified atom stereocenters. The van der Waals surface area contributed by atoms with Crippen LogP contribution in [0.25, 0.3) is 0 Å². The Bertz CT molecular complexity index is 1590. The molecule has 2 aliphatic rings. The number of nitrogens with zero attached hydrogens (tertiary/aromatic N) is 2. The zero-order valence-electron chi connectivity index (χ0n) is 28.8. The molecule has 0 aliphatic heterocycles. The van der Waals surface area contributed by atoms with E-state index in [1.54, 1.807) is 24.4 Å². The molecule has 9 heteroatoms. The average Bonchev–Trinajstić information content (AvgIpc) is 3.18. The molecule has 2 aliphatic carbocycles. The normalized spacial score (nSPS) is 16.0. The van der Waals surface area contributed by atoms with E-state index in [4.69, 9.17) is 20.3 Å². The van der Waals surface area contributed by atoms with Crippen molar-refractivity contribution in [2.24, 2.45) is 5.73 Å². The van der Waals surface area contributed by atoms with Crippen LogP contribution in [0.5, 0.6) is 11.8 Å². The highest BCUT2D eigenvalue weighted by Crippen LogP contribution is 2.39. The number of nitrogens with one attached hydrogen (secondary N) is 1. The van der Waals surface area contributed by atoms with Gasteiger partial charge in [-0.3, -0.25) is 4.79 Å². The number of aromatic nitrogens is 2. The number of ether oxygens (including phenoxy) is 2. The van der Waals surface area contributed by atoms with Crippen LogP contribution in [0.15, 0.2) is 97.3 Å². The van der Waals surface area contributed by atoms with Gasteiger partial charge in [0.15, 0.2) is 0 Å². The number of hydrogen-bond acceptors (Lipinski definition) is 7. The van der Waals surface area contributed by atoms with Gasteiger partial charge in [-0.25, -0.2) is 14.8 Å². The molecule has 4 aromatic rings. The molecular formula is C40H50N4O5. The largest absolute Gasteiger partial charge is 0.480 e. The van der Waals surface area contributed by atoms with E-state index in [1.807, 2.05) is 6.07 Å². The second-order valence-electron chi connectivity index (χ2n) is 12.7. The number of carbonyl (C=O) groups is 2. The maximum absolute atomic E-state index is 12.6. The summed E-state index contributed by atoms with van der Waals surface area (Å²) < 4.78 is 9.91. The number of amides is 1. The first-order valence-electron chi connectivity index (χ1n) is 17.2. The molecule has 2 heterocycles. The van der Waals surface area contributed by atoms with E-state index < -0.39 is 5.97 Å². The number of carboxylic acids is 1. The lowest BCUT2D eigenvalue weighted by Gasteiger charge is -2.38. The second-order valence-corrected chi connectivity index (χ2v) is 12.7. The number of methoxy groups -OCH3 is 2. The molecular weight excluding hydrogens is 616 g/mol. The minimum absolute atomic E-state index is 0.0324. The van der Waals surface area contributed by atoms with Gasteiger partial charge in [-0.05, 0) is 61.1 Å². The Hall–Kier alpha value is -4.76. The Kier molecular flexibility index (Phi) is 14.1. The van der Waals surface area contributed by atoms with E-state index in [9.17, 15) is 9.59 Å². The van der Waals surface area contributed by atoms with Gasteiger partial charge in [0.05, 0.1) is 14.2 Å². The van der Waals surface area contributed by atoms with Crippen LogP contribution in [0.1, 0.15) is 96.1 Å². The SMILES string of the molecule is COc1ncccc1C(=O)NCC1(c2ccccc2)CCCCC1.COc1ncccc1C(=O)O.NCC1(c2ccccc2)CCCCC1. The quantitative estimate of drug-likeness (QED) is 0.169. The van der Waals surface area contributed by atoms with Crippen molar-refractivity contribution in [3.63, 3.8) is 0 Å². The monoisotopic (exact) mass is 666 g/mol. The predicted octanol–water partition coefficient (Wildman–Crippen LogP) is 7.36. The predicted molar refractivity (Wildman–Crippen MR) is 192 cm³/mol. The average molecular weight is 667 g/mol. The maximum Gasteiger partial charge on any atom is 0.341 e. The Morgan fingerprint density at radius 1 is 0.673 bits per heavy atom. The molecule has 260 valence electrons. The van der Waals surface area contributed by atoms with Crippen LogP contribution in [0.3, 0.4) is 0 Å². The summed E-state index contributed by atoms with van der Waals surface area (Å²) >= 11 is 0. The molecule has 0 spiro atoms. The molecule has 6 rings (SSSR count). The fourth-order valence-electron chi connectivity index (χ4n) is 7.01. The first-order valence-corrected chi connectivity index (χ1v) is 17.2. The minimum atomic E-state index is -1.03. The summed E-state index contributed by atoms with van der Waals surface area (Å²) in [5, 5.41) is 11.7. The summed E-state index contributed by atoms with van der Waals surface area (Å²) in [7, 11) is 2.92. The molecule has 0 bridgehead atoms. The molecule has 2 aromatic heterocycles. The Balaban J connectivity index is 0.000000183. The van der Waals surface area contributed by atoms with Crippen molar-refractivity contribution in [1.29, 1.82) is 0 Å².